The van der Waals surface area contributed by atoms with Gasteiger partial charge < -0.3 is 4.74 Å². The van der Waals surface area contributed by atoms with Crippen molar-refractivity contribution in [3.05, 3.63) is 42.0 Å². The minimum atomic E-state index is -0.360. The summed E-state index contributed by atoms with van der Waals surface area (Å²) in [5, 5.41) is 0. The third kappa shape index (κ3) is 1.68. The van der Waals surface area contributed by atoms with Crippen molar-refractivity contribution < 1.29 is 14.3 Å². The second-order valence-corrected chi connectivity index (χ2v) is 4.49. The summed E-state index contributed by atoms with van der Waals surface area (Å²) in [7, 11) is 0. The van der Waals surface area contributed by atoms with E-state index in [-0.39, 0.29) is 23.8 Å². The Bertz CT molecular complexity index is 501. The van der Waals surface area contributed by atoms with Gasteiger partial charge >= 0.3 is 11.9 Å². The minimum absolute atomic E-state index is 0.255. The quantitative estimate of drug-likeness (QED) is 0.546. The van der Waals surface area contributed by atoms with Crippen LogP contribution in [0.25, 0.3) is 5.57 Å². The van der Waals surface area contributed by atoms with Crippen LogP contribution in [0.2, 0.25) is 0 Å². The maximum Gasteiger partial charge on any atom is 0.317 e. The van der Waals surface area contributed by atoms with Crippen molar-refractivity contribution >= 4 is 17.5 Å². The van der Waals surface area contributed by atoms with Gasteiger partial charge in [-0.15, -0.1) is 0 Å². The normalized spacial score (nSPS) is 27.4. The Morgan fingerprint density at radius 3 is 2.47 bits per heavy atom. The highest BCUT2D eigenvalue weighted by Gasteiger charge is 2.45. The summed E-state index contributed by atoms with van der Waals surface area (Å²) in [6, 6.07) is 9.95. The lowest BCUT2D eigenvalue weighted by Crippen LogP contribution is -2.21. The van der Waals surface area contributed by atoms with Crippen molar-refractivity contribution in [1.29, 1.82) is 0 Å². The standard InChI is InChI=1S/C14H12O3/c15-13-11-7-6-10(8-12(11)14(16)17-13)9-4-2-1-3-5-9/h1-6,11-12H,7-8H2/t11-,12+/m1/s1. The molecule has 1 fully saturated rings. The van der Waals surface area contributed by atoms with E-state index in [0.717, 1.165) is 11.1 Å². The van der Waals surface area contributed by atoms with E-state index in [9.17, 15) is 9.59 Å². The molecule has 3 heteroatoms. The monoisotopic (exact) mass is 228 g/mol. The van der Waals surface area contributed by atoms with Gasteiger partial charge in [-0.25, -0.2) is 0 Å². The van der Waals surface area contributed by atoms with E-state index in [0.29, 0.717) is 12.8 Å². The smallest absolute Gasteiger partial charge is 0.317 e. The number of benzene rings is 1. The molecule has 0 aromatic heterocycles. The zero-order valence-corrected chi connectivity index (χ0v) is 9.26. The molecule has 0 N–H and O–H groups in total. The fourth-order valence-corrected chi connectivity index (χ4v) is 2.54. The van der Waals surface area contributed by atoms with Gasteiger partial charge in [0.05, 0.1) is 11.8 Å². The second kappa shape index (κ2) is 3.84. The van der Waals surface area contributed by atoms with Gasteiger partial charge in [-0.05, 0) is 24.0 Å². The van der Waals surface area contributed by atoms with Gasteiger partial charge in [-0.3, -0.25) is 9.59 Å². The first-order chi connectivity index (χ1) is 8.25. The highest BCUT2D eigenvalue weighted by molar-refractivity contribution is 5.98. The van der Waals surface area contributed by atoms with Crippen LogP contribution in [0.5, 0.6) is 0 Å². The molecule has 3 nitrogen and oxygen atoms in total. The molecule has 1 saturated heterocycles. The molecule has 0 unspecified atom stereocenters. The average Bonchev–Trinajstić information content (AvgIpc) is 2.66. The molecule has 1 aromatic rings. The van der Waals surface area contributed by atoms with Crippen LogP contribution < -0.4 is 0 Å². The summed E-state index contributed by atoms with van der Waals surface area (Å²) in [6.07, 6.45) is 3.27. The Morgan fingerprint density at radius 2 is 1.71 bits per heavy atom. The maximum atomic E-state index is 11.5. The summed E-state index contributed by atoms with van der Waals surface area (Å²) in [5.74, 6) is -1.25. The predicted octanol–water partition coefficient (Wildman–Crippen LogP) is 2.18. The van der Waals surface area contributed by atoms with E-state index in [1.54, 1.807) is 0 Å². The van der Waals surface area contributed by atoms with Gasteiger partial charge in [-0.1, -0.05) is 36.4 Å². The van der Waals surface area contributed by atoms with Gasteiger partial charge in [0, 0.05) is 0 Å². The first-order valence-corrected chi connectivity index (χ1v) is 5.75. The predicted molar refractivity (Wildman–Crippen MR) is 61.7 cm³/mol. The Balaban J connectivity index is 1.90. The van der Waals surface area contributed by atoms with Crippen LogP contribution in [-0.4, -0.2) is 11.9 Å². The summed E-state index contributed by atoms with van der Waals surface area (Å²) >= 11 is 0. The number of hydrogen-bond donors (Lipinski definition) is 0. The molecule has 1 aliphatic heterocycles. The van der Waals surface area contributed by atoms with Crippen molar-refractivity contribution in [2.24, 2.45) is 11.8 Å². The molecule has 3 rings (SSSR count). The number of esters is 2. The molecule has 0 amide bonds. The zero-order valence-electron chi connectivity index (χ0n) is 9.26. The molecule has 1 aromatic carbocycles. The van der Waals surface area contributed by atoms with Crippen LogP contribution in [0.4, 0.5) is 0 Å². The lowest BCUT2D eigenvalue weighted by atomic mass is 9.79. The molecule has 86 valence electrons. The number of fused-ring (bicyclic) bond motifs is 1. The fraction of sp³-hybridized carbons (Fsp3) is 0.286. The van der Waals surface area contributed by atoms with Crippen LogP contribution >= 0.6 is 0 Å². The Kier molecular flexibility index (Phi) is 2.32. The van der Waals surface area contributed by atoms with Crippen molar-refractivity contribution in [3.8, 4) is 0 Å². The van der Waals surface area contributed by atoms with Gasteiger partial charge in [-0.2, -0.15) is 0 Å². The molecular weight excluding hydrogens is 216 g/mol. The molecule has 0 spiro atoms. The zero-order chi connectivity index (χ0) is 11.8. The van der Waals surface area contributed by atoms with Crippen LogP contribution in [0, 0.1) is 11.8 Å². The van der Waals surface area contributed by atoms with E-state index in [1.165, 1.54) is 0 Å². The SMILES string of the molecule is O=C1OC(=O)[C@@H]2CC=C(c3ccccc3)C[C@H]12. The van der Waals surface area contributed by atoms with Gasteiger partial charge in [0.2, 0.25) is 0 Å². The minimum Gasteiger partial charge on any atom is -0.393 e. The largest absolute Gasteiger partial charge is 0.393 e. The highest BCUT2D eigenvalue weighted by atomic mass is 16.6. The molecule has 2 aliphatic rings. The summed E-state index contributed by atoms with van der Waals surface area (Å²) in [5.41, 5.74) is 2.26. The lowest BCUT2D eigenvalue weighted by molar-refractivity contribution is -0.153. The van der Waals surface area contributed by atoms with Crippen molar-refractivity contribution in [3.63, 3.8) is 0 Å². The van der Waals surface area contributed by atoms with Crippen LogP contribution in [-0.2, 0) is 14.3 Å². The summed E-state index contributed by atoms with van der Waals surface area (Å²) < 4.78 is 4.68. The summed E-state index contributed by atoms with van der Waals surface area (Å²) in [4.78, 5) is 22.9. The number of cyclic esters (lactones) is 2. The Hall–Kier alpha value is -1.90. The number of carbonyl (C=O) groups excluding carboxylic acids is 2. The molecule has 1 heterocycles. The molecular formula is C14H12O3. The molecule has 2 atom stereocenters. The Labute approximate surface area is 99.1 Å². The van der Waals surface area contributed by atoms with Crippen molar-refractivity contribution in [2.45, 2.75) is 12.8 Å². The average molecular weight is 228 g/mol. The molecule has 0 radical (unpaired) electrons. The molecule has 1 aliphatic carbocycles. The first kappa shape index (κ1) is 10.3. The second-order valence-electron chi connectivity index (χ2n) is 4.49. The molecule has 17 heavy (non-hydrogen) atoms. The highest BCUT2D eigenvalue weighted by Crippen LogP contribution is 2.39. The van der Waals surface area contributed by atoms with Gasteiger partial charge in [0.15, 0.2) is 0 Å². The topological polar surface area (TPSA) is 43.4 Å². The van der Waals surface area contributed by atoms with E-state index in [4.69, 9.17) is 0 Å². The summed E-state index contributed by atoms with van der Waals surface area (Å²) in [6.45, 7) is 0. The van der Waals surface area contributed by atoms with Crippen LogP contribution in [0.15, 0.2) is 36.4 Å². The van der Waals surface area contributed by atoms with Crippen LogP contribution in [0.1, 0.15) is 18.4 Å². The third-order valence-corrected chi connectivity index (χ3v) is 3.49. The van der Waals surface area contributed by atoms with Crippen molar-refractivity contribution in [2.75, 3.05) is 0 Å². The van der Waals surface area contributed by atoms with Gasteiger partial charge in [0.25, 0.3) is 0 Å². The number of rotatable bonds is 1. The Morgan fingerprint density at radius 1 is 1.00 bits per heavy atom. The third-order valence-electron chi connectivity index (χ3n) is 3.49. The number of allylic oxidation sites excluding steroid dienone is 2. The van der Waals surface area contributed by atoms with Crippen molar-refractivity contribution in [1.82, 2.24) is 0 Å². The van der Waals surface area contributed by atoms with E-state index >= 15 is 0 Å². The number of hydrogen-bond acceptors (Lipinski definition) is 3. The van der Waals surface area contributed by atoms with Gasteiger partial charge in [0.1, 0.15) is 0 Å². The number of carbonyl (C=O) groups is 2. The van der Waals surface area contributed by atoms with E-state index < -0.39 is 0 Å². The van der Waals surface area contributed by atoms with E-state index in [1.807, 2.05) is 30.3 Å². The fourth-order valence-electron chi connectivity index (χ4n) is 2.54. The number of ether oxygens (including phenoxy) is 1. The lowest BCUT2D eigenvalue weighted by Gasteiger charge is -2.20. The molecule has 0 bridgehead atoms. The first-order valence-electron chi connectivity index (χ1n) is 5.75. The van der Waals surface area contributed by atoms with E-state index in [2.05, 4.69) is 10.8 Å². The maximum absolute atomic E-state index is 11.5. The van der Waals surface area contributed by atoms with Crippen LogP contribution in [0.3, 0.4) is 0 Å². The molecule has 0 saturated carbocycles.